The molecule has 0 bridgehead atoms. The minimum atomic E-state index is 0.00390. The molecule has 1 aromatic carbocycles. The van der Waals surface area contributed by atoms with Crippen molar-refractivity contribution in [1.29, 1.82) is 0 Å². The van der Waals surface area contributed by atoms with Gasteiger partial charge >= 0.3 is 0 Å². The lowest BCUT2D eigenvalue weighted by Crippen LogP contribution is -2.13. The number of carbonyl (C=O) groups excluding carboxylic acids is 1. The van der Waals surface area contributed by atoms with Gasteiger partial charge in [0.05, 0.1) is 16.0 Å². The summed E-state index contributed by atoms with van der Waals surface area (Å²) in [7, 11) is 0. The van der Waals surface area contributed by atoms with Gasteiger partial charge in [-0.15, -0.1) is 0 Å². The van der Waals surface area contributed by atoms with E-state index in [1.807, 2.05) is 31.4 Å². The molecular formula is C11H12N2OS2. The summed E-state index contributed by atoms with van der Waals surface area (Å²) >= 11 is 3.02. The zero-order valence-corrected chi connectivity index (χ0v) is 10.7. The van der Waals surface area contributed by atoms with E-state index in [-0.39, 0.29) is 5.91 Å². The van der Waals surface area contributed by atoms with Crippen LogP contribution in [0.25, 0.3) is 10.2 Å². The standard InChI is InChI=1S/C11H12N2OS2/c1-7-4-3-5-8-10(7)13-11(16-8)12-9(14)6-15-2/h3-5H,6H2,1-2H3,(H,12,13,14). The van der Waals surface area contributed by atoms with Crippen LogP contribution in [-0.2, 0) is 4.79 Å². The second kappa shape index (κ2) is 4.84. The van der Waals surface area contributed by atoms with E-state index in [9.17, 15) is 4.79 Å². The highest BCUT2D eigenvalue weighted by Gasteiger charge is 2.08. The zero-order valence-electron chi connectivity index (χ0n) is 9.11. The third-order valence-electron chi connectivity index (χ3n) is 2.14. The van der Waals surface area contributed by atoms with Crippen LogP contribution in [0.4, 0.5) is 5.13 Å². The second-order valence-electron chi connectivity index (χ2n) is 3.42. The molecule has 1 aromatic heterocycles. The molecule has 5 heteroatoms. The normalized spacial score (nSPS) is 10.6. The summed E-state index contributed by atoms with van der Waals surface area (Å²) in [5, 5.41) is 3.49. The molecule has 2 rings (SSSR count). The number of thiazole rings is 1. The number of benzene rings is 1. The van der Waals surface area contributed by atoms with Crippen molar-refractivity contribution in [2.24, 2.45) is 0 Å². The van der Waals surface area contributed by atoms with Crippen LogP contribution in [0.15, 0.2) is 18.2 Å². The molecule has 0 saturated carbocycles. The maximum atomic E-state index is 11.4. The number of anilines is 1. The van der Waals surface area contributed by atoms with Crippen molar-refractivity contribution in [2.45, 2.75) is 6.92 Å². The lowest BCUT2D eigenvalue weighted by molar-refractivity contribution is -0.113. The number of aryl methyl sites for hydroxylation is 1. The van der Waals surface area contributed by atoms with Crippen LogP contribution in [0, 0.1) is 6.92 Å². The Morgan fingerprint density at radius 1 is 1.56 bits per heavy atom. The highest BCUT2D eigenvalue weighted by Crippen LogP contribution is 2.27. The number of fused-ring (bicyclic) bond motifs is 1. The van der Waals surface area contributed by atoms with E-state index in [0.717, 1.165) is 15.8 Å². The minimum Gasteiger partial charge on any atom is -0.301 e. The topological polar surface area (TPSA) is 42.0 Å². The molecule has 16 heavy (non-hydrogen) atoms. The van der Waals surface area contributed by atoms with Gasteiger partial charge in [-0.3, -0.25) is 4.79 Å². The molecule has 84 valence electrons. The molecule has 0 radical (unpaired) electrons. The summed E-state index contributed by atoms with van der Waals surface area (Å²) in [6.07, 6.45) is 1.90. The SMILES string of the molecule is CSCC(=O)Nc1nc2c(C)cccc2s1. The van der Waals surface area contributed by atoms with Gasteiger partial charge in [0.2, 0.25) is 5.91 Å². The van der Waals surface area contributed by atoms with E-state index >= 15 is 0 Å². The molecule has 0 aliphatic heterocycles. The fraction of sp³-hybridized carbons (Fsp3) is 0.273. The lowest BCUT2D eigenvalue weighted by atomic mass is 10.2. The van der Waals surface area contributed by atoms with Crippen molar-refractivity contribution >= 4 is 44.4 Å². The molecule has 0 aliphatic carbocycles. The highest BCUT2D eigenvalue weighted by molar-refractivity contribution is 7.99. The summed E-state index contributed by atoms with van der Waals surface area (Å²) in [6.45, 7) is 2.02. The number of amides is 1. The number of carbonyl (C=O) groups is 1. The highest BCUT2D eigenvalue weighted by atomic mass is 32.2. The van der Waals surface area contributed by atoms with Crippen LogP contribution in [0.3, 0.4) is 0 Å². The Morgan fingerprint density at radius 2 is 2.38 bits per heavy atom. The first kappa shape index (κ1) is 11.4. The Labute approximate surface area is 102 Å². The predicted octanol–water partition coefficient (Wildman–Crippen LogP) is 2.91. The summed E-state index contributed by atoms with van der Waals surface area (Å²) in [6, 6.07) is 6.04. The first-order valence-electron chi connectivity index (χ1n) is 4.85. The van der Waals surface area contributed by atoms with Crippen molar-refractivity contribution in [3.63, 3.8) is 0 Å². The number of nitrogens with one attached hydrogen (secondary N) is 1. The van der Waals surface area contributed by atoms with Gasteiger partial charge in [0, 0.05) is 0 Å². The third kappa shape index (κ3) is 2.36. The molecule has 1 amide bonds. The maximum absolute atomic E-state index is 11.4. The number of aromatic nitrogens is 1. The molecule has 0 atom stereocenters. The fourth-order valence-electron chi connectivity index (χ4n) is 1.43. The van der Waals surface area contributed by atoms with Crippen LogP contribution < -0.4 is 5.32 Å². The van der Waals surface area contributed by atoms with Crippen molar-refractivity contribution < 1.29 is 4.79 Å². The Morgan fingerprint density at radius 3 is 3.06 bits per heavy atom. The van der Waals surface area contributed by atoms with E-state index in [4.69, 9.17) is 0 Å². The Balaban J connectivity index is 2.26. The molecule has 0 aliphatic rings. The fourth-order valence-corrected chi connectivity index (χ4v) is 2.72. The molecule has 1 N–H and O–H groups in total. The van der Waals surface area contributed by atoms with Crippen molar-refractivity contribution in [3.8, 4) is 0 Å². The van der Waals surface area contributed by atoms with Crippen molar-refractivity contribution in [1.82, 2.24) is 4.98 Å². The number of hydrogen-bond acceptors (Lipinski definition) is 4. The third-order valence-corrected chi connectivity index (χ3v) is 3.63. The molecular weight excluding hydrogens is 240 g/mol. The smallest absolute Gasteiger partial charge is 0.236 e. The van der Waals surface area contributed by atoms with Crippen LogP contribution in [0.5, 0.6) is 0 Å². The monoisotopic (exact) mass is 252 g/mol. The Bertz CT molecular complexity index is 522. The van der Waals surface area contributed by atoms with E-state index in [2.05, 4.69) is 10.3 Å². The van der Waals surface area contributed by atoms with Gasteiger partial charge in [0.15, 0.2) is 5.13 Å². The quantitative estimate of drug-likeness (QED) is 0.913. The largest absolute Gasteiger partial charge is 0.301 e. The molecule has 1 heterocycles. The Kier molecular flexibility index (Phi) is 3.46. The average molecular weight is 252 g/mol. The predicted molar refractivity (Wildman–Crippen MR) is 71.4 cm³/mol. The van der Waals surface area contributed by atoms with Crippen LogP contribution >= 0.6 is 23.1 Å². The van der Waals surface area contributed by atoms with Gasteiger partial charge in [-0.05, 0) is 24.8 Å². The summed E-state index contributed by atoms with van der Waals surface area (Å²) < 4.78 is 1.11. The van der Waals surface area contributed by atoms with E-state index in [0.29, 0.717) is 10.9 Å². The Hall–Kier alpha value is -1.07. The molecule has 0 unspecified atom stereocenters. The zero-order chi connectivity index (χ0) is 11.5. The van der Waals surface area contributed by atoms with Gasteiger partial charge < -0.3 is 5.32 Å². The maximum Gasteiger partial charge on any atom is 0.236 e. The van der Waals surface area contributed by atoms with E-state index < -0.39 is 0 Å². The van der Waals surface area contributed by atoms with Crippen molar-refractivity contribution in [3.05, 3.63) is 23.8 Å². The minimum absolute atomic E-state index is 0.00390. The lowest BCUT2D eigenvalue weighted by Gasteiger charge is -1.97. The molecule has 0 spiro atoms. The van der Waals surface area contributed by atoms with Crippen molar-refractivity contribution in [2.75, 3.05) is 17.3 Å². The summed E-state index contributed by atoms with van der Waals surface area (Å²) in [5.41, 5.74) is 2.12. The van der Waals surface area contributed by atoms with Crippen LogP contribution in [0.1, 0.15) is 5.56 Å². The van der Waals surface area contributed by atoms with Gasteiger partial charge in [-0.1, -0.05) is 23.5 Å². The first-order valence-corrected chi connectivity index (χ1v) is 7.06. The number of hydrogen-bond donors (Lipinski definition) is 1. The first-order chi connectivity index (χ1) is 7.70. The summed E-state index contributed by atoms with van der Waals surface area (Å²) in [4.78, 5) is 15.8. The molecule has 3 nitrogen and oxygen atoms in total. The van der Waals surface area contributed by atoms with Gasteiger partial charge in [-0.2, -0.15) is 11.8 Å². The average Bonchev–Trinajstić information content (AvgIpc) is 2.62. The molecule has 0 fully saturated rings. The van der Waals surface area contributed by atoms with E-state index in [1.54, 1.807) is 0 Å². The van der Waals surface area contributed by atoms with Gasteiger partial charge in [0.1, 0.15) is 0 Å². The van der Waals surface area contributed by atoms with Gasteiger partial charge in [-0.25, -0.2) is 4.98 Å². The number of nitrogens with zero attached hydrogens (tertiary/aromatic N) is 1. The molecule has 2 aromatic rings. The van der Waals surface area contributed by atoms with Gasteiger partial charge in [0.25, 0.3) is 0 Å². The van der Waals surface area contributed by atoms with E-state index in [1.165, 1.54) is 23.1 Å². The van der Waals surface area contributed by atoms with Crippen LogP contribution in [-0.4, -0.2) is 22.9 Å². The second-order valence-corrected chi connectivity index (χ2v) is 5.32. The summed E-state index contributed by atoms with van der Waals surface area (Å²) in [5.74, 6) is 0.471. The number of rotatable bonds is 3. The molecule has 0 saturated heterocycles. The number of para-hydroxylation sites is 1. The number of thioether (sulfide) groups is 1. The van der Waals surface area contributed by atoms with Crippen LogP contribution in [0.2, 0.25) is 0 Å².